The quantitative estimate of drug-likeness (QED) is 0.0169. The number of carbonyl (C=O) groups is 4. The van der Waals surface area contributed by atoms with E-state index < -0.39 is 97.5 Å². The Kier molecular flexibility index (Phi) is 72.3. The second-order valence-electron chi connectivity index (χ2n) is 27.0. The van der Waals surface area contributed by atoms with E-state index in [0.717, 1.165) is 180 Å². The van der Waals surface area contributed by atoms with Gasteiger partial charge in [-0.15, -0.1) is 0 Å². The van der Waals surface area contributed by atoms with Crippen LogP contribution < -0.4 is 0 Å². The summed E-state index contributed by atoms with van der Waals surface area (Å²) in [5.41, 5.74) is 0. The lowest BCUT2D eigenvalue weighted by Gasteiger charge is -2.21. The molecule has 0 heterocycles. The maximum Gasteiger partial charge on any atom is 0.472 e. The standard InChI is InChI=1S/C83H146O17P2/c1-5-9-13-17-21-25-29-33-36-37-38-39-42-45-48-52-56-60-64-68-81(86)94-73-78(99-82(87)69-65-61-57-53-49-43-32-28-24-20-16-12-8-4)75-97-101(89,90)95-71-77(84)72-96-102(91,92)98-76-79(100-83(88)70-66-62-58-54-50-46-41-35-31-27-23-19-15-11-7-3)74-93-80(85)67-63-59-55-51-47-44-40-34-30-26-22-18-14-10-6-2/h9,13,21,25,27-28,31-34,36,38-40,45,48,77-79,84H,5-8,10-12,14-20,22-24,26,29-30,35,37,41-44,46-47,49-76H2,1-4H3,(H,89,90)(H,91,92)/b13-9-,25-21-,31-27-,32-28-,36-33-,39-38-,40-34-,48-45-/t77-,78-,79-/m1/s1. The van der Waals surface area contributed by atoms with Crippen LogP contribution in [0.25, 0.3) is 0 Å². The smallest absolute Gasteiger partial charge is 0.462 e. The number of rotatable bonds is 76. The van der Waals surface area contributed by atoms with Gasteiger partial charge in [0.2, 0.25) is 0 Å². The topological polar surface area (TPSA) is 237 Å². The molecule has 0 aliphatic rings. The predicted molar refractivity (Wildman–Crippen MR) is 418 cm³/mol. The highest BCUT2D eigenvalue weighted by atomic mass is 31.2. The summed E-state index contributed by atoms with van der Waals surface area (Å²) in [6.07, 6.45) is 79.5. The van der Waals surface area contributed by atoms with Gasteiger partial charge in [0.1, 0.15) is 19.3 Å². The minimum atomic E-state index is -4.98. The molecule has 0 amide bonds. The summed E-state index contributed by atoms with van der Waals surface area (Å²) in [5.74, 6) is -2.22. The van der Waals surface area contributed by atoms with Crippen LogP contribution in [0.3, 0.4) is 0 Å². The lowest BCUT2D eigenvalue weighted by Crippen LogP contribution is -2.30. The van der Waals surface area contributed by atoms with Crippen LogP contribution in [0.15, 0.2) is 97.2 Å². The van der Waals surface area contributed by atoms with E-state index in [1.165, 1.54) is 89.9 Å². The third kappa shape index (κ3) is 74.3. The molecule has 0 aliphatic heterocycles. The van der Waals surface area contributed by atoms with Crippen molar-refractivity contribution >= 4 is 39.5 Å². The van der Waals surface area contributed by atoms with Gasteiger partial charge in [0.25, 0.3) is 0 Å². The molecule has 0 spiro atoms. The van der Waals surface area contributed by atoms with Crippen molar-refractivity contribution in [2.75, 3.05) is 39.6 Å². The van der Waals surface area contributed by atoms with Gasteiger partial charge in [0.05, 0.1) is 26.4 Å². The molecular formula is C83H146O17P2. The fraction of sp³-hybridized carbons (Fsp3) is 0.759. The number of aliphatic hydroxyl groups excluding tert-OH is 1. The molecule has 0 aliphatic carbocycles. The van der Waals surface area contributed by atoms with Crippen LogP contribution in [0.1, 0.15) is 349 Å². The zero-order valence-electron chi connectivity index (χ0n) is 64.5. The lowest BCUT2D eigenvalue weighted by atomic mass is 10.1. The van der Waals surface area contributed by atoms with Crippen LogP contribution in [-0.2, 0) is 65.4 Å². The van der Waals surface area contributed by atoms with Gasteiger partial charge >= 0.3 is 39.5 Å². The first-order valence-corrected chi connectivity index (χ1v) is 43.5. The van der Waals surface area contributed by atoms with Crippen LogP contribution in [0.2, 0.25) is 0 Å². The molecule has 0 radical (unpaired) electrons. The minimum Gasteiger partial charge on any atom is -0.462 e. The molecule has 0 saturated heterocycles. The molecule has 0 aromatic rings. The molecule has 102 heavy (non-hydrogen) atoms. The fourth-order valence-electron chi connectivity index (χ4n) is 10.8. The van der Waals surface area contributed by atoms with Gasteiger partial charge in [-0.1, -0.05) is 273 Å². The number of ether oxygens (including phenoxy) is 4. The summed E-state index contributed by atoms with van der Waals surface area (Å²) >= 11 is 0. The monoisotopic (exact) mass is 1480 g/mol. The van der Waals surface area contributed by atoms with Crippen molar-refractivity contribution in [3.05, 3.63) is 97.2 Å². The van der Waals surface area contributed by atoms with Crippen LogP contribution in [0.5, 0.6) is 0 Å². The van der Waals surface area contributed by atoms with Crippen molar-refractivity contribution in [1.29, 1.82) is 0 Å². The van der Waals surface area contributed by atoms with Crippen molar-refractivity contribution in [2.24, 2.45) is 0 Å². The largest absolute Gasteiger partial charge is 0.472 e. The Balaban J connectivity index is 5.37. The Morgan fingerprint density at radius 2 is 0.510 bits per heavy atom. The first-order chi connectivity index (χ1) is 49.7. The second kappa shape index (κ2) is 75.2. The van der Waals surface area contributed by atoms with Gasteiger partial charge in [-0.3, -0.25) is 37.3 Å². The number of esters is 4. The highest BCUT2D eigenvalue weighted by molar-refractivity contribution is 7.47. The zero-order valence-corrected chi connectivity index (χ0v) is 66.3. The van der Waals surface area contributed by atoms with Crippen molar-refractivity contribution in [2.45, 2.75) is 367 Å². The van der Waals surface area contributed by atoms with E-state index >= 15 is 0 Å². The normalized spacial score (nSPS) is 14.4. The highest BCUT2D eigenvalue weighted by Crippen LogP contribution is 2.45. The van der Waals surface area contributed by atoms with Crippen molar-refractivity contribution < 1.29 is 80.2 Å². The van der Waals surface area contributed by atoms with Crippen LogP contribution in [0.4, 0.5) is 0 Å². The van der Waals surface area contributed by atoms with E-state index in [9.17, 15) is 43.2 Å². The van der Waals surface area contributed by atoms with Crippen LogP contribution in [0, 0.1) is 0 Å². The van der Waals surface area contributed by atoms with Crippen molar-refractivity contribution in [1.82, 2.24) is 0 Å². The molecule has 0 rings (SSSR count). The van der Waals surface area contributed by atoms with E-state index in [2.05, 4.69) is 125 Å². The number of hydrogen-bond acceptors (Lipinski definition) is 15. The molecule has 0 saturated carbocycles. The number of allylic oxidation sites excluding steroid dienone is 16. The number of unbranched alkanes of at least 4 members (excludes halogenated alkanes) is 34. The van der Waals surface area contributed by atoms with Gasteiger partial charge in [-0.05, 0) is 148 Å². The zero-order chi connectivity index (χ0) is 74.6. The molecule has 3 N–H and O–H groups in total. The Hall–Kier alpha value is -4.02. The Morgan fingerprint density at radius 3 is 0.814 bits per heavy atom. The molecule has 0 aromatic heterocycles. The van der Waals surface area contributed by atoms with Crippen molar-refractivity contribution in [3.63, 3.8) is 0 Å². The maximum atomic E-state index is 13.1. The number of aliphatic hydroxyl groups is 1. The summed E-state index contributed by atoms with van der Waals surface area (Å²) in [6.45, 7) is 4.71. The average molecular weight is 1480 g/mol. The Labute approximate surface area is 620 Å². The third-order valence-electron chi connectivity index (χ3n) is 17.0. The van der Waals surface area contributed by atoms with Gasteiger partial charge in [-0.25, -0.2) is 9.13 Å². The predicted octanol–water partition coefficient (Wildman–Crippen LogP) is 23.6. The fourth-order valence-corrected chi connectivity index (χ4v) is 12.4. The molecule has 590 valence electrons. The third-order valence-corrected chi connectivity index (χ3v) is 18.9. The van der Waals surface area contributed by atoms with Gasteiger partial charge in [0, 0.05) is 25.7 Å². The minimum absolute atomic E-state index is 0.0772. The second-order valence-corrected chi connectivity index (χ2v) is 29.9. The summed E-state index contributed by atoms with van der Waals surface area (Å²) < 4.78 is 68.6. The van der Waals surface area contributed by atoms with Crippen molar-refractivity contribution in [3.8, 4) is 0 Å². The summed E-state index contributed by atoms with van der Waals surface area (Å²) in [6, 6.07) is 0. The first kappa shape index (κ1) is 98.0. The van der Waals surface area contributed by atoms with Crippen LogP contribution in [-0.4, -0.2) is 96.7 Å². The summed E-state index contributed by atoms with van der Waals surface area (Å²) in [5, 5.41) is 10.6. The average Bonchev–Trinajstić information content (AvgIpc) is 0.908. The van der Waals surface area contributed by atoms with Gasteiger partial charge in [0.15, 0.2) is 12.2 Å². The number of phosphoric ester groups is 2. The number of hydrogen-bond donors (Lipinski definition) is 3. The molecule has 0 bridgehead atoms. The molecule has 0 fully saturated rings. The lowest BCUT2D eigenvalue weighted by molar-refractivity contribution is -0.161. The molecular weight excluding hydrogens is 1330 g/mol. The van der Waals surface area contributed by atoms with E-state index in [4.69, 9.17) is 37.0 Å². The number of phosphoric acid groups is 2. The van der Waals surface area contributed by atoms with E-state index in [1.807, 2.05) is 0 Å². The molecule has 2 unspecified atom stereocenters. The Morgan fingerprint density at radius 1 is 0.284 bits per heavy atom. The van der Waals surface area contributed by atoms with Gasteiger partial charge in [-0.2, -0.15) is 0 Å². The maximum absolute atomic E-state index is 13.1. The molecule has 19 heteroatoms. The van der Waals surface area contributed by atoms with E-state index in [1.54, 1.807) is 0 Å². The van der Waals surface area contributed by atoms with E-state index in [-0.39, 0.29) is 25.7 Å². The number of carbonyl (C=O) groups excluding carboxylic acids is 4. The first-order valence-electron chi connectivity index (χ1n) is 40.5. The molecule has 17 nitrogen and oxygen atoms in total. The Bertz CT molecular complexity index is 2310. The summed E-state index contributed by atoms with van der Waals surface area (Å²) in [7, 11) is -9.96. The molecule has 0 aromatic carbocycles. The highest BCUT2D eigenvalue weighted by Gasteiger charge is 2.30. The molecule has 5 atom stereocenters. The summed E-state index contributed by atoms with van der Waals surface area (Å²) in [4.78, 5) is 73.0. The SMILES string of the molecule is CC/C=C\C/C=C\C/C=C\C/C=C\C/C=C\CCCCCC(=O)OC[C@H](COP(=O)(O)OC[C@@H](O)COP(=O)(O)OC[C@@H](COC(=O)CCCCCCC/C=C\CCCCCCCC)OC(=O)CCCCCCCCC/C=C\CCCCCC)OC(=O)CCCCCCC/C=C\CCCCCC. The van der Waals surface area contributed by atoms with Gasteiger partial charge < -0.3 is 33.8 Å². The van der Waals surface area contributed by atoms with Crippen LogP contribution >= 0.6 is 15.6 Å². The van der Waals surface area contributed by atoms with E-state index in [0.29, 0.717) is 25.7 Å².